The van der Waals surface area contributed by atoms with Crippen LogP contribution in [-0.4, -0.2) is 13.6 Å². The minimum absolute atomic E-state index is 0.743. The fourth-order valence-electron chi connectivity index (χ4n) is 2.35. The summed E-state index contributed by atoms with van der Waals surface area (Å²) in [5.74, 6) is 1.57. The van der Waals surface area contributed by atoms with E-state index in [1.807, 2.05) is 0 Å². The molecule has 0 aromatic heterocycles. The smallest absolute Gasteiger partial charge is 0.0207 e. The molecule has 18 heavy (non-hydrogen) atoms. The van der Waals surface area contributed by atoms with Crippen LogP contribution in [0.4, 0.5) is 0 Å². The summed E-state index contributed by atoms with van der Waals surface area (Å²) < 4.78 is 1.25. The quantitative estimate of drug-likeness (QED) is 0.736. The molecule has 1 nitrogen and oxygen atoms in total. The van der Waals surface area contributed by atoms with Crippen LogP contribution in [0.25, 0.3) is 0 Å². The number of rotatable bonds is 8. The van der Waals surface area contributed by atoms with Gasteiger partial charge in [-0.15, -0.1) is 0 Å². The third-order valence-corrected chi connectivity index (χ3v) is 4.13. The Morgan fingerprint density at radius 2 is 1.89 bits per heavy atom. The van der Waals surface area contributed by atoms with Crippen molar-refractivity contribution in [2.75, 3.05) is 13.6 Å². The summed E-state index contributed by atoms with van der Waals surface area (Å²) in [5.41, 5.74) is 1.43. The SMILES string of the molecule is CNCC(CCCC(C)C)Cc1ccccc1Br. The van der Waals surface area contributed by atoms with E-state index in [1.54, 1.807) is 0 Å². The molecule has 0 radical (unpaired) electrons. The van der Waals surface area contributed by atoms with Crippen molar-refractivity contribution in [2.24, 2.45) is 11.8 Å². The van der Waals surface area contributed by atoms with Crippen LogP contribution in [0.1, 0.15) is 38.7 Å². The largest absolute Gasteiger partial charge is 0.319 e. The van der Waals surface area contributed by atoms with Crippen molar-refractivity contribution in [3.8, 4) is 0 Å². The van der Waals surface area contributed by atoms with E-state index in [0.717, 1.165) is 18.4 Å². The van der Waals surface area contributed by atoms with E-state index in [4.69, 9.17) is 0 Å². The first kappa shape index (κ1) is 15.7. The molecule has 0 amide bonds. The van der Waals surface area contributed by atoms with Crippen LogP contribution < -0.4 is 5.32 Å². The fourth-order valence-corrected chi connectivity index (χ4v) is 2.80. The summed E-state index contributed by atoms with van der Waals surface area (Å²) in [6, 6.07) is 8.58. The lowest BCUT2D eigenvalue weighted by Crippen LogP contribution is -2.21. The molecule has 1 atom stereocenters. The number of nitrogens with one attached hydrogen (secondary N) is 1. The Kier molecular flexibility index (Phi) is 7.60. The second-order valence-electron chi connectivity index (χ2n) is 5.54. The third-order valence-electron chi connectivity index (χ3n) is 3.35. The van der Waals surface area contributed by atoms with Gasteiger partial charge in [-0.2, -0.15) is 0 Å². The lowest BCUT2D eigenvalue weighted by atomic mass is 9.92. The van der Waals surface area contributed by atoms with Crippen molar-refractivity contribution in [2.45, 2.75) is 39.5 Å². The highest BCUT2D eigenvalue weighted by Gasteiger charge is 2.11. The molecule has 0 saturated heterocycles. The molecule has 2 heteroatoms. The molecular weight excluding hydrogens is 286 g/mol. The molecule has 0 spiro atoms. The summed E-state index contributed by atoms with van der Waals surface area (Å²) >= 11 is 3.65. The molecule has 1 aromatic rings. The van der Waals surface area contributed by atoms with Crippen molar-refractivity contribution in [3.05, 3.63) is 34.3 Å². The lowest BCUT2D eigenvalue weighted by Gasteiger charge is -2.18. The van der Waals surface area contributed by atoms with Gasteiger partial charge in [0.1, 0.15) is 0 Å². The van der Waals surface area contributed by atoms with E-state index in [9.17, 15) is 0 Å². The second-order valence-corrected chi connectivity index (χ2v) is 6.40. The van der Waals surface area contributed by atoms with Crippen LogP contribution in [0.3, 0.4) is 0 Å². The number of hydrogen-bond donors (Lipinski definition) is 1. The zero-order valence-electron chi connectivity index (χ0n) is 11.9. The number of benzene rings is 1. The average Bonchev–Trinajstić information content (AvgIpc) is 2.32. The number of hydrogen-bond acceptors (Lipinski definition) is 1. The van der Waals surface area contributed by atoms with Crippen LogP contribution in [0.2, 0.25) is 0 Å². The molecule has 0 fully saturated rings. The first-order chi connectivity index (χ1) is 8.63. The van der Waals surface area contributed by atoms with Gasteiger partial charge in [-0.25, -0.2) is 0 Å². The zero-order valence-corrected chi connectivity index (χ0v) is 13.5. The Balaban J connectivity index is 2.49. The highest BCUT2D eigenvalue weighted by atomic mass is 79.9. The molecule has 1 aromatic carbocycles. The van der Waals surface area contributed by atoms with Gasteiger partial charge in [0.25, 0.3) is 0 Å². The van der Waals surface area contributed by atoms with Gasteiger partial charge in [-0.1, -0.05) is 60.8 Å². The van der Waals surface area contributed by atoms with Gasteiger partial charge < -0.3 is 5.32 Å². The number of halogens is 1. The van der Waals surface area contributed by atoms with Crippen molar-refractivity contribution in [1.82, 2.24) is 5.32 Å². The summed E-state index contributed by atoms with van der Waals surface area (Å²) in [7, 11) is 2.05. The molecule has 0 saturated carbocycles. The van der Waals surface area contributed by atoms with Gasteiger partial charge >= 0.3 is 0 Å². The van der Waals surface area contributed by atoms with Crippen molar-refractivity contribution < 1.29 is 0 Å². The Morgan fingerprint density at radius 3 is 2.50 bits per heavy atom. The molecule has 0 heterocycles. The van der Waals surface area contributed by atoms with E-state index in [1.165, 1.54) is 35.7 Å². The van der Waals surface area contributed by atoms with Gasteiger partial charge in [0.15, 0.2) is 0 Å². The topological polar surface area (TPSA) is 12.0 Å². The summed E-state index contributed by atoms with van der Waals surface area (Å²) in [5, 5.41) is 3.33. The van der Waals surface area contributed by atoms with E-state index in [2.05, 4.69) is 66.4 Å². The summed E-state index contributed by atoms with van der Waals surface area (Å²) in [6.45, 7) is 5.72. The standard InChI is InChI=1S/C16H26BrN/c1-13(2)7-6-8-14(12-18-3)11-15-9-4-5-10-16(15)17/h4-5,9-10,13-14,18H,6-8,11-12H2,1-3H3. The highest BCUT2D eigenvalue weighted by Crippen LogP contribution is 2.22. The van der Waals surface area contributed by atoms with Crippen LogP contribution >= 0.6 is 15.9 Å². The monoisotopic (exact) mass is 311 g/mol. The van der Waals surface area contributed by atoms with E-state index in [-0.39, 0.29) is 0 Å². The molecule has 1 unspecified atom stereocenters. The van der Waals surface area contributed by atoms with Crippen LogP contribution in [0, 0.1) is 11.8 Å². The first-order valence-corrected chi connectivity index (χ1v) is 7.80. The summed E-state index contributed by atoms with van der Waals surface area (Å²) in [4.78, 5) is 0. The van der Waals surface area contributed by atoms with Gasteiger partial charge in [0.05, 0.1) is 0 Å². The van der Waals surface area contributed by atoms with Crippen LogP contribution in [-0.2, 0) is 6.42 Å². The van der Waals surface area contributed by atoms with Gasteiger partial charge in [-0.05, 0) is 49.9 Å². The van der Waals surface area contributed by atoms with Crippen LogP contribution in [0.5, 0.6) is 0 Å². The zero-order chi connectivity index (χ0) is 13.4. The molecular formula is C16H26BrN. The van der Waals surface area contributed by atoms with Crippen molar-refractivity contribution in [1.29, 1.82) is 0 Å². The lowest BCUT2D eigenvalue weighted by molar-refractivity contribution is 0.417. The maximum atomic E-state index is 3.65. The van der Waals surface area contributed by atoms with Gasteiger partial charge in [0.2, 0.25) is 0 Å². The molecule has 0 aliphatic rings. The highest BCUT2D eigenvalue weighted by molar-refractivity contribution is 9.10. The van der Waals surface area contributed by atoms with Crippen molar-refractivity contribution >= 4 is 15.9 Å². The Labute approximate surface area is 120 Å². The van der Waals surface area contributed by atoms with Gasteiger partial charge in [0, 0.05) is 4.47 Å². The van der Waals surface area contributed by atoms with E-state index < -0.39 is 0 Å². The van der Waals surface area contributed by atoms with Crippen molar-refractivity contribution in [3.63, 3.8) is 0 Å². The third kappa shape index (κ3) is 6.01. The molecule has 0 bridgehead atoms. The molecule has 102 valence electrons. The second kappa shape index (κ2) is 8.71. The Hall–Kier alpha value is -0.340. The summed E-state index contributed by atoms with van der Waals surface area (Å²) in [6.07, 6.45) is 5.17. The molecule has 1 rings (SSSR count). The Morgan fingerprint density at radius 1 is 1.17 bits per heavy atom. The predicted octanol–water partition coefficient (Wildman–Crippen LogP) is 4.65. The Bertz CT molecular complexity index is 336. The average molecular weight is 312 g/mol. The minimum Gasteiger partial charge on any atom is -0.319 e. The minimum atomic E-state index is 0.743. The van der Waals surface area contributed by atoms with E-state index in [0.29, 0.717) is 0 Å². The first-order valence-electron chi connectivity index (χ1n) is 7.01. The maximum absolute atomic E-state index is 3.65. The normalized spacial score (nSPS) is 12.9. The molecule has 0 aliphatic heterocycles. The van der Waals surface area contributed by atoms with Crippen LogP contribution in [0.15, 0.2) is 28.7 Å². The fraction of sp³-hybridized carbons (Fsp3) is 0.625. The molecule has 0 aliphatic carbocycles. The molecule has 1 N–H and O–H groups in total. The maximum Gasteiger partial charge on any atom is 0.0207 e. The predicted molar refractivity (Wildman–Crippen MR) is 84.0 cm³/mol. The van der Waals surface area contributed by atoms with Gasteiger partial charge in [-0.3, -0.25) is 0 Å². The van der Waals surface area contributed by atoms with E-state index >= 15 is 0 Å².